The highest BCUT2D eigenvalue weighted by Gasteiger charge is 2.21. The Morgan fingerprint density at radius 3 is 2.40 bits per heavy atom. The van der Waals surface area contributed by atoms with Crippen molar-refractivity contribution in [1.29, 1.82) is 5.26 Å². The maximum atomic E-state index is 8.99. The molecular weight excluding hydrogens is 186 g/mol. The van der Waals surface area contributed by atoms with Crippen molar-refractivity contribution >= 4 is 5.82 Å². The van der Waals surface area contributed by atoms with E-state index in [1.165, 1.54) is 0 Å². The quantitative estimate of drug-likeness (QED) is 0.648. The first-order chi connectivity index (χ1) is 6.90. The van der Waals surface area contributed by atoms with Crippen LogP contribution in [0.2, 0.25) is 0 Å². The molecule has 0 unspecified atom stereocenters. The van der Waals surface area contributed by atoms with Crippen molar-refractivity contribution in [3.05, 3.63) is 22.9 Å². The summed E-state index contributed by atoms with van der Waals surface area (Å²) in [6.45, 7) is 5.93. The van der Waals surface area contributed by atoms with Gasteiger partial charge in [0.25, 0.3) is 0 Å². The van der Waals surface area contributed by atoms with Crippen LogP contribution < -0.4 is 5.73 Å². The van der Waals surface area contributed by atoms with Gasteiger partial charge in [-0.05, 0) is 6.07 Å². The van der Waals surface area contributed by atoms with Crippen LogP contribution in [0.4, 0.5) is 5.82 Å². The lowest BCUT2D eigenvalue weighted by molar-refractivity contribution is 0.568. The summed E-state index contributed by atoms with van der Waals surface area (Å²) >= 11 is 0. The average Bonchev–Trinajstić information content (AvgIpc) is 2.16. The second-order valence-electron chi connectivity index (χ2n) is 4.32. The Kier molecular flexibility index (Phi) is 2.68. The van der Waals surface area contributed by atoms with E-state index in [4.69, 9.17) is 17.4 Å². The van der Waals surface area contributed by atoms with Gasteiger partial charge in [0, 0.05) is 5.41 Å². The van der Waals surface area contributed by atoms with E-state index in [2.05, 4.69) is 17.0 Å². The van der Waals surface area contributed by atoms with Crippen LogP contribution in [-0.2, 0) is 5.41 Å². The number of nitrogens with zero attached hydrogens (tertiary/aromatic N) is 2. The van der Waals surface area contributed by atoms with Crippen LogP contribution in [0.25, 0.3) is 0 Å². The predicted molar refractivity (Wildman–Crippen MR) is 60.0 cm³/mol. The number of terminal acetylenes is 1. The highest BCUT2D eigenvalue weighted by atomic mass is 14.9. The Labute approximate surface area is 89.9 Å². The zero-order valence-electron chi connectivity index (χ0n) is 9.13. The Morgan fingerprint density at radius 2 is 2.00 bits per heavy atom. The van der Waals surface area contributed by atoms with E-state index in [0.717, 1.165) is 0 Å². The molecule has 0 aliphatic heterocycles. The van der Waals surface area contributed by atoms with E-state index in [1.807, 2.05) is 20.8 Å². The zero-order chi connectivity index (χ0) is 11.6. The topological polar surface area (TPSA) is 62.7 Å². The van der Waals surface area contributed by atoms with Crippen molar-refractivity contribution in [3.8, 4) is 18.4 Å². The highest BCUT2D eigenvalue weighted by Crippen LogP contribution is 2.26. The number of hydrogen-bond acceptors (Lipinski definition) is 3. The number of rotatable bonds is 0. The molecule has 1 rings (SSSR count). The first kappa shape index (κ1) is 11.1. The van der Waals surface area contributed by atoms with Crippen LogP contribution >= 0.6 is 0 Å². The van der Waals surface area contributed by atoms with Gasteiger partial charge in [-0.15, -0.1) is 6.42 Å². The highest BCUT2D eigenvalue weighted by molar-refractivity contribution is 5.55. The monoisotopic (exact) mass is 199 g/mol. The van der Waals surface area contributed by atoms with Crippen molar-refractivity contribution in [1.82, 2.24) is 4.98 Å². The molecule has 0 radical (unpaired) electrons. The average molecular weight is 199 g/mol. The van der Waals surface area contributed by atoms with Crippen LogP contribution in [0.5, 0.6) is 0 Å². The normalized spacial score (nSPS) is 10.5. The van der Waals surface area contributed by atoms with Crippen LogP contribution in [-0.4, -0.2) is 4.98 Å². The van der Waals surface area contributed by atoms with Gasteiger partial charge in [-0.3, -0.25) is 0 Å². The molecule has 1 aromatic rings. The lowest BCUT2D eigenvalue weighted by Gasteiger charge is -2.19. The lowest BCUT2D eigenvalue weighted by atomic mass is 9.88. The molecule has 15 heavy (non-hydrogen) atoms. The van der Waals surface area contributed by atoms with Crippen LogP contribution in [0.3, 0.4) is 0 Å². The van der Waals surface area contributed by atoms with E-state index < -0.39 is 0 Å². The number of hydrogen-bond donors (Lipinski definition) is 1. The SMILES string of the molecule is C#Cc1cc(C#N)c(C(C)(C)C)nc1N. The molecule has 0 aliphatic carbocycles. The lowest BCUT2D eigenvalue weighted by Crippen LogP contribution is -2.17. The summed E-state index contributed by atoms with van der Waals surface area (Å²) in [5.41, 5.74) is 7.12. The maximum Gasteiger partial charge on any atom is 0.139 e. The standard InChI is InChI=1S/C12H13N3/c1-5-8-6-9(7-13)10(12(2,3)4)15-11(8)14/h1,6H,2-4H3,(H2,14,15). The Morgan fingerprint density at radius 1 is 1.40 bits per heavy atom. The molecular formula is C12H13N3. The second kappa shape index (κ2) is 3.63. The molecule has 1 aromatic heterocycles. The van der Waals surface area contributed by atoms with Gasteiger partial charge in [-0.1, -0.05) is 26.7 Å². The molecule has 3 nitrogen and oxygen atoms in total. The second-order valence-corrected chi connectivity index (χ2v) is 4.32. The van der Waals surface area contributed by atoms with E-state index in [9.17, 15) is 0 Å². The minimum Gasteiger partial charge on any atom is -0.383 e. The third-order valence-corrected chi connectivity index (χ3v) is 2.04. The first-order valence-electron chi connectivity index (χ1n) is 4.58. The van der Waals surface area contributed by atoms with Crippen LogP contribution in [0.15, 0.2) is 6.07 Å². The predicted octanol–water partition coefficient (Wildman–Crippen LogP) is 1.81. The van der Waals surface area contributed by atoms with Gasteiger partial charge in [0.1, 0.15) is 11.9 Å². The molecule has 0 saturated heterocycles. The summed E-state index contributed by atoms with van der Waals surface area (Å²) in [4.78, 5) is 4.20. The number of nitriles is 1. The number of aromatic nitrogens is 1. The molecule has 76 valence electrons. The van der Waals surface area contributed by atoms with Crippen LogP contribution in [0, 0.1) is 23.7 Å². The van der Waals surface area contributed by atoms with E-state index in [1.54, 1.807) is 6.07 Å². The summed E-state index contributed by atoms with van der Waals surface area (Å²) in [6, 6.07) is 3.70. The third kappa shape index (κ3) is 2.08. The number of pyridine rings is 1. The fourth-order valence-corrected chi connectivity index (χ4v) is 1.30. The van der Waals surface area contributed by atoms with Crippen molar-refractivity contribution < 1.29 is 0 Å². The van der Waals surface area contributed by atoms with Gasteiger partial charge >= 0.3 is 0 Å². The van der Waals surface area contributed by atoms with Crippen LogP contribution in [0.1, 0.15) is 37.6 Å². The Balaban J connectivity index is 3.52. The molecule has 2 N–H and O–H groups in total. The molecule has 0 spiro atoms. The van der Waals surface area contributed by atoms with Gasteiger partial charge in [-0.2, -0.15) is 5.26 Å². The van der Waals surface area contributed by atoms with E-state index >= 15 is 0 Å². The van der Waals surface area contributed by atoms with Gasteiger partial charge in [0.15, 0.2) is 0 Å². The van der Waals surface area contributed by atoms with Gasteiger partial charge < -0.3 is 5.73 Å². The van der Waals surface area contributed by atoms with Gasteiger partial charge in [0.05, 0.1) is 16.8 Å². The van der Waals surface area contributed by atoms with Crippen molar-refractivity contribution in [2.75, 3.05) is 5.73 Å². The first-order valence-corrected chi connectivity index (χ1v) is 4.58. The number of anilines is 1. The summed E-state index contributed by atoms with van der Waals surface area (Å²) < 4.78 is 0. The van der Waals surface area contributed by atoms with Gasteiger partial charge in [-0.25, -0.2) is 4.98 Å². The molecule has 3 heteroatoms. The molecule has 1 heterocycles. The Hall–Kier alpha value is -2.00. The fraction of sp³-hybridized carbons (Fsp3) is 0.333. The minimum atomic E-state index is -0.216. The summed E-state index contributed by atoms with van der Waals surface area (Å²) in [5.74, 6) is 2.72. The van der Waals surface area contributed by atoms with Crippen molar-refractivity contribution in [2.24, 2.45) is 0 Å². The third-order valence-electron chi connectivity index (χ3n) is 2.04. The summed E-state index contributed by atoms with van der Waals surface area (Å²) in [7, 11) is 0. The smallest absolute Gasteiger partial charge is 0.139 e. The minimum absolute atomic E-state index is 0.216. The van der Waals surface area contributed by atoms with Crippen molar-refractivity contribution in [3.63, 3.8) is 0 Å². The zero-order valence-corrected chi connectivity index (χ0v) is 9.13. The molecule has 0 fully saturated rings. The van der Waals surface area contributed by atoms with E-state index in [0.29, 0.717) is 22.6 Å². The van der Waals surface area contributed by atoms with Gasteiger partial charge in [0.2, 0.25) is 0 Å². The molecule has 0 saturated carbocycles. The molecule has 0 bridgehead atoms. The summed E-state index contributed by atoms with van der Waals surface area (Å²) in [5, 5.41) is 8.99. The number of nitrogens with two attached hydrogens (primary N) is 1. The molecule has 0 atom stereocenters. The molecule has 0 amide bonds. The maximum absolute atomic E-state index is 8.99. The molecule has 0 aliphatic rings. The van der Waals surface area contributed by atoms with Crippen molar-refractivity contribution in [2.45, 2.75) is 26.2 Å². The summed E-state index contributed by atoms with van der Waals surface area (Å²) in [6.07, 6.45) is 5.25. The Bertz CT molecular complexity index is 467. The number of nitrogen functional groups attached to an aromatic ring is 1. The fourth-order valence-electron chi connectivity index (χ4n) is 1.30. The largest absolute Gasteiger partial charge is 0.383 e. The van der Waals surface area contributed by atoms with E-state index in [-0.39, 0.29) is 5.41 Å². The molecule has 0 aromatic carbocycles.